The molecule has 1 N–H and O–H groups in total. The van der Waals surface area contributed by atoms with E-state index in [1.165, 1.54) is 5.56 Å². The summed E-state index contributed by atoms with van der Waals surface area (Å²) < 4.78 is 5.76. The predicted octanol–water partition coefficient (Wildman–Crippen LogP) is 2.62. The van der Waals surface area contributed by atoms with Gasteiger partial charge in [0.05, 0.1) is 6.61 Å². The number of aryl methyl sites for hydroxylation is 1. The van der Waals surface area contributed by atoms with Gasteiger partial charge in [-0.15, -0.1) is 0 Å². The van der Waals surface area contributed by atoms with Gasteiger partial charge in [-0.3, -0.25) is 0 Å². The molecule has 0 aliphatic heterocycles. The van der Waals surface area contributed by atoms with Gasteiger partial charge in [-0.05, 0) is 25.1 Å². The van der Waals surface area contributed by atoms with Crippen molar-refractivity contribution in [1.82, 2.24) is 5.32 Å². The lowest BCUT2D eigenvalue weighted by Crippen LogP contribution is -2.24. The molecule has 15 heavy (non-hydrogen) atoms. The maximum Gasteiger partial charge on any atom is 0.122 e. The second kappa shape index (κ2) is 6.46. The van der Waals surface area contributed by atoms with Crippen LogP contribution in [-0.4, -0.2) is 19.7 Å². The summed E-state index contributed by atoms with van der Waals surface area (Å²) in [6, 6.07) is 8.14. The van der Waals surface area contributed by atoms with Gasteiger partial charge in [-0.1, -0.05) is 32.0 Å². The molecular weight excluding hydrogens is 186 g/mol. The molecule has 1 unspecified atom stereocenters. The number of rotatable bonds is 6. The van der Waals surface area contributed by atoms with E-state index >= 15 is 0 Å². The minimum absolute atomic E-state index is 0.546. The number of nitrogens with one attached hydrogen (secondary N) is 1. The zero-order chi connectivity index (χ0) is 11.1. The maximum absolute atomic E-state index is 5.76. The van der Waals surface area contributed by atoms with Crippen LogP contribution < -0.4 is 10.1 Å². The fourth-order valence-corrected chi connectivity index (χ4v) is 1.40. The summed E-state index contributed by atoms with van der Waals surface area (Å²) >= 11 is 0. The first-order chi connectivity index (χ1) is 7.24. The second-order valence-electron chi connectivity index (χ2n) is 3.99. The fraction of sp³-hybridized carbons (Fsp3) is 0.538. The van der Waals surface area contributed by atoms with Gasteiger partial charge in [-0.25, -0.2) is 0 Å². The highest BCUT2D eigenvalue weighted by molar-refractivity contribution is 5.31. The Morgan fingerprint density at radius 2 is 2.07 bits per heavy atom. The van der Waals surface area contributed by atoms with Crippen molar-refractivity contribution in [2.45, 2.75) is 20.8 Å². The third kappa shape index (κ3) is 4.34. The van der Waals surface area contributed by atoms with Crippen molar-refractivity contribution in [1.29, 1.82) is 0 Å². The Morgan fingerprint density at radius 3 is 2.73 bits per heavy atom. The van der Waals surface area contributed by atoms with Crippen LogP contribution in [0.5, 0.6) is 5.75 Å². The van der Waals surface area contributed by atoms with Gasteiger partial charge in [0, 0.05) is 12.5 Å². The molecule has 0 aliphatic carbocycles. The van der Waals surface area contributed by atoms with Crippen molar-refractivity contribution in [3.8, 4) is 5.75 Å². The summed E-state index contributed by atoms with van der Waals surface area (Å²) in [5, 5.41) is 3.32. The van der Waals surface area contributed by atoms with E-state index in [9.17, 15) is 0 Å². The molecular formula is C13H21NO. The highest BCUT2D eigenvalue weighted by Gasteiger charge is 2.03. The molecule has 1 rings (SSSR count). The van der Waals surface area contributed by atoms with E-state index in [2.05, 4.69) is 32.2 Å². The smallest absolute Gasteiger partial charge is 0.122 e. The summed E-state index contributed by atoms with van der Waals surface area (Å²) in [7, 11) is 0. The third-order valence-corrected chi connectivity index (χ3v) is 2.36. The van der Waals surface area contributed by atoms with E-state index in [4.69, 9.17) is 4.74 Å². The molecule has 0 aliphatic rings. The summed E-state index contributed by atoms with van der Waals surface area (Å²) in [4.78, 5) is 0. The molecule has 2 nitrogen and oxygen atoms in total. The molecule has 84 valence electrons. The van der Waals surface area contributed by atoms with Gasteiger partial charge in [0.25, 0.3) is 0 Å². The Hall–Kier alpha value is -1.02. The number of benzene rings is 1. The molecule has 0 saturated heterocycles. The van der Waals surface area contributed by atoms with Gasteiger partial charge in [-0.2, -0.15) is 0 Å². The molecule has 0 spiro atoms. The van der Waals surface area contributed by atoms with Crippen molar-refractivity contribution >= 4 is 0 Å². The molecule has 1 atom stereocenters. The summed E-state index contributed by atoms with van der Waals surface area (Å²) in [5.41, 5.74) is 1.20. The lowest BCUT2D eigenvalue weighted by Gasteiger charge is -2.14. The van der Waals surface area contributed by atoms with Gasteiger partial charge in [0.15, 0.2) is 0 Å². The molecule has 0 saturated carbocycles. The molecule has 0 bridgehead atoms. The van der Waals surface area contributed by atoms with Crippen LogP contribution >= 0.6 is 0 Å². The highest BCUT2D eigenvalue weighted by Crippen LogP contribution is 2.16. The van der Waals surface area contributed by atoms with E-state index in [-0.39, 0.29) is 0 Å². The first-order valence-corrected chi connectivity index (χ1v) is 5.63. The van der Waals surface area contributed by atoms with E-state index in [1.54, 1.807) is 0 Å². The van der Waals surface area contributed by atoms with Gasteiger partial charge >= 0.3 is 0 Å². The highest BCUT2D eigenvalue weighted by atomic mass is 16.5. The molecule has 0 aromatic heterocycles. The van der Waals surface area contributed by atoms with Crippen LogP contribution in [0.15, 0.2) is 24.3 Å². The number of ether oxygens (including phenoxy) is 1. The predicted molar refractivity (Wildman–Crippen MR) is 64.4 cm³/mol. The lowest BCUT2D eigenvalue weighted by atomic mass is 10.2. The van der Waals surface area contributed by atoms with Crippen LogP contribution in [0.2, 0.25) is 0 Å². The van der Waals surface area contributed by atoms with E-state index in [0.29, 0.717) is 5.92 Å². The second-order valence-corrected chi connectivity index (χ2v) is 3.99. The Bertz CT molecular complexity index is 286. The molecule has 0 amide bonds. The standard InChI is InChI=1S/C13H21NO/c1-4-14-9-11(2)10-15-13-8-6-5-7-12(13)3/h5-8,11,14H,4,9-10H2,1-3H3. The SMILES string of the molecule is CCNCC(C)COc1ccccc1C. The van der Waals surface area contributed by atoms with Crippen LogP contribution in [0, 0.1) is 12.8 Å². The summed E-state index contributed by atoms with van der Waals surface area (Å²) in [6.07, 6.45) is 0. The van der Waals surface area contributed by atoms with Crippen molar-refractivity contribution < 1.29 is 4.74 Å². The molecule has 1 aromatic rings. The Labute approximate surface area is 92.6 Å². The van der Waals surface area contributed by atoms with E-state index in [1.807, 2.05) is 18.2 Å². The first kappa shape index (κ1) is 12.1. The summed E-state index contributed by atoms with van der Waals surface area (Å²) in [5.74, 6) is 1.55. The molecule has 1 aromatic carbocycles. The molecule has 0 heterocycles. The number of hydrogen-bond acceptors (Lipinski definition) is 2. The van der Waals surface area contributed by atoms with Crippen molar-refractivity contribution in [3.63, 3.8) is 0 Å². The lowest BCUT2D eigenvalue weighted by molar-refractivity contribution is 0.255. The normalized spacial score (nSPS) is 12.5. The van der Waals surface area contributed by atoms with Crippen LogP contribution in [-0.2, 0) is 0 Å². The van der Waals surface area contributed by atoms with Crippen molar-refractivity contribution in [3.05, 3.63) is 29.8 Å². The van der Waals surface area contributed by atoms with Crippen molar-refractivity contribution in [2.24, 2.45) is 5.92 Å². The molecule has 2 heteroatoms. The molecule has 0 radical (unpaired) electrons. The van der Waals surface area contributed by atoms with Crippen LogP contribution in [0.1, 0.15) is 19.4 Å². The van der Waals surface area contributed by atoms with Gasteiger partial charge in [0.1, 0.15) is 5.75 Å². The van der Waals surface area contributed by atoms with Crippen LogP contribution in [0.3, 0.4) is 0 Å². The van der Waals surface area contributed by atoms with Crippen molar-refractivity contribution in [2.75, 3.05) is 19.7 Å². The largest absolute Gasteiger partial charge is 0.493 e. The summed E-state index contributed by atoms with van der Waals surface area (Å²) in [6.45, 7) is 9.20. The number of para-hydroxylation sites is 1. The van der Waals surface area contributed by atoms with E-state index in [0.717, 1.165) is 25.4 Å². The minimum Gasteiger partial charge on any atom is -0.493 e. The van der Waals surface area contributed by atoms with Gasteiger partial charge < -0.3 is 10.1 Å². The minimum atomic E-state index is 0.546. The zero-order valence-electron chi connectivity index (χ0n) is 9.92. The van der Waals surface area contributed by atoms with Gasteiger partial charge in [0.2, 0.25) is 0 Å². The third-order valence-electron chi connectivity index (χ3n) is 2.36. The number of hydrogen-bond donors (Lipinski definition) is 1. The van der Waals surface area contributed by atoms with Crippen LogP contribution in [0.4, 0.5) is 0 Å². The zero-order valence-corrected chi connectivity index (χ0v) is 9.92. The topological polar surface area (TPSA) is 21.3 Å². The fourth-order valence-electron chi connectivity index (χ4n) is 1.40. The first-order valence-electron chi connectivity index (χ1n) is 5.63. The van der Waals surface area contributed by atoms with E-state index < -0.39 is 0 Å². The average molecular weight is 207 g/mol. The average Bonchev–Trinajstić information content (AvgIpc) is 2.25. The van der Waals surface area contributed by atoms with Crippen LogP contribution in [0.25, 0.3) is 0 Å². The quantitative estimate of drug-likeness (QED) is 0.774. The Kier molecular flexibility index (Phi) is 5.19. The monoisotopic (exact) mass is 207 g/mol. The Morgan fingerprint density at radius 1 is 1.33 bits per heavy atom. The maximum atomic E-state index is 5.76. The Balaban J connectivity index is 2.33. The molecule has 0 fully saturated rings.